The van der Waals surface area contributed by atoms with Crippen LogP contribution in [0.4, 0.5) is 5.69 Å². The Balaban J connectivity index is 1.98. The molecule has 1 aromatic rings. The molecule has 1 unspecified atom stereocenters. The average Bonchev–Trinajstić information content (AvgIpc) is 3.00. The summed E-state index contributed by atoms with van der Waals surface area (Å²) in [6.07, 6.45) is 22.5. The number of anilines is 1. The summed E-state index contributed by atoms with van der Waals surface area (Å²) in [5.41, 5.74) is 14.4. The SMILES string of the molecule is C/C=C\C/C=C(\C)C1=CC=C(Nc2ccc(/C=N/NC(N)=N/C=C(/C)CCC)nc2)C=CC1Cl. The fraction of sp³-hybridized carbons (Fsp3) is 0.296. The van der Waals surface area contributed by atoms with E-state index in [4.69, 9.17) is 17.3 Å². The third-order valence-corrected chi connectivity index (χ3v) is 5.34. The number of aliphatic imine (C=N–C) groups is 1. The summed E-state index contributed by atoms with van der Waals surface area (Å²) in [5, 5.41) is 7.27. The van der Waals surface area contributed by atoms with Gasteiger partial charge in [-0.1, -0.05) is 49.3 Å². The minimum atomic E-state index is -0.177. The Kier molecular flexibility index (Phi) is 11.6. The Bertz CT molecular complexity index is 1040. The quantitative estimate of drug-likeness (QED) is 0.120. The van der Waals surface area contributed by atoms with Crippen molar-refractivity contribution >= 4 is 29.5 Å². The third-order valence-electron chi connectivity index (χ3n) is 4.95. The average molecular weight is 479 g/mol. The molecule has 2 rings (SSSR count). The fourth-order valence-electron chi connectivity index (χ4n) is 3.10. The van der Waals surface area contributed by atoms with Crippen LogP contribution in [-0.2, 0) is 0 Å². The van der Waals surface area contributed by atoms with Crippen molar-refractivity contribution in [3.8, 4) is 0 Å². The number of nitrogens with one attached hydrogen (secondary N) is 2. The van der Waals surface area contributed by atoms with Crippen LogP contribution in [0.3, 0.4) is 0 Å². The molecule has 0 radical (unpaired) electrons. The van der Waals surface area contributed by atoms with Gasteiger partial charge >= 0.3 is 0 Å². The van der Waals surface area contributed by atoms with E-state index < -0.39 is 0 Å². The summed E-state index contributed by atoms with van der Waals surface area (Å²) in [5.74, 6) is 0.231. The number of allylic oxidation sites excluding steroid dienone is 10. The summed E-state index contributed by atoms with van der Waals surface area (Å²) < 4.78 is 0. The van der Waals surface area contributed by atoms with Gasteiger partial charge in [-0.3, -0.25) is 4.98 Å². The smallest absolute Gasteiger partial charge is 0.214 e. The number of nitrogens with zero attached hydrogens (tertiary/aromatic N) is 3. The molecule has 0 aliphatic heterocycles. The van der Waals surface area contributed by atoms with Crippen molar-refractivity contribution < 1.29 is 0 Å². The number of hydrazone groups is 1. The Morgan fingerprint density at radius 1 is 1.26 bits per heavy atom. The minimum Gasteiger partial charge on any atom is -0.368 e. The van der Waals surface area contributed by atoms with Crippen LogP contribution in [0, 0.1) is 0 Å². The van der Waals surface area contributed by atoms with Crippen LogP contribution in [0.1, 0.15) is 52.7 Å². The lowest BCUT2D eigenvalue weighted by atomic mass is 10.0. The van der Waals surface area contributed by atoms with E-state index >= 15 is 0 Å². The first-order valence-electron chi connectivity index (χ1n) is 11.5. The van der Waals surface area contributed by atoms with Crippen molar-refractivity contribution in [3.05, 3.63) is 95.2 Å². The molecule has 1 heterocycles. The third kappa shape index (κ3) is 9.63. The Labute approximate surface area is 208 Å². The van der Waals surface area contributed by atoms with Gasteiger partial charge < -0.3 is 11.1 Å². The number of pyridine rings is 1. The zero-order valence-electron chi connectivity index (χ0n) is 20.4. The van der Waals surface area contributed by atoms with Gasteiger partial charge in [0.05, 0.1) is 29.2 Å². The van der Waals surface area contributed by atoms with Crippen molar-refractivity contribution in [2.75, 3.05) is 5.32 Å². The van der Waals surface area contributed by atoms with E-state index in [2.05, 4.69) is 57.9 Å². The molecule has 0 spiro atoms. The van der Waals surface area contributed by atoms with Crippen LogP contribution in [-0.4, -0.2) is 22.5 Å². The van der Waals surface area contributed by atoms with Crippen molar-refractivity contribution in [2.45, 2.75) is 52.3 Å². The van der Waals surface area contributed by atoms with Gasteiger partial charge in [-0.05, 0) is 69.0 Å². The van der Waals surface area contributed by atoms with E-state index in [-0.39, 0.29) is 11.3 Å². The maximum atomic E-state index is 6.58. The van der Waals surface area contributed by atoms with Crippen LogP contribution in [0.2, 0.25) is 0 Å². The summed E-state index contributed by atoms with van der Waals surface area (Å²) in [6.45, 7) is 8.26. The van der Waals surface area contributed by atoms with E-state index in [0.29, 0.717) is 5.69 Å². The Morgan fingerprint density at radius 3 is 2.79 bits per heavy atom. The molecule has 0 fully saturated rings. The summed E-state index contributed by atoms with van der Waals surface area (Å²) in [6, 6.07) is 3.81. The predicted molar refractivity (Wildman–Crippen MR) is 147 cm³/mol. The molecule has 180 valence electrons. The number of nitrogens with two attached hydrogens (primary N) is 1. The Morgan fingerprint density at radius 2 is 2.09 bits per heavy atom. The standard InChI is InChI=1S/C27H35ClN6/c1-5-7-8-10-21(4)25-15-13-22(14-16-26(25)28)33-24-12-11-23(30-18-24)19-32-34-27(29)31-17-20(3)9-6-2/h5,7,10-19,26,33H,6,8-9H2,1-4H3,(H3,29,31,34)/b7-5-,20-17-,21-10+,32-19+. The van der Waals surface area contributed by atoms with Crippen LogP contribution in [0.5, 0.6) is 0 Å². The number of halogens is 1. The van der Waals surface area contributed by atoms with Gasteiger partial charge in [0, 0.05) is 11.9 Å². The van der Waals surface area contributed by atoms with E-state index in [0.717, 1.165) is 36.2 Å². The van der Waals surface area contributed by atoms with Crippen molar-refractivity contribution in [1.82, 2.24) is 10.4 Å². The normalized spacial score (nSPS) is 17.7. The molecule has 7 heteroatoms. The number of guanidine groups is 1. The number of rotatable bonds is 10. The maximum absolute atomic E-state index is 6.58. The number of hydrogen-bond donors (Lipinski definition) is 3. The number of aromatic nitrogens is 1. The molecule has 0 bridgehead atoms. The summed E-state index contributed by atoms with van der Waals surface area (Å²) >= 11 is 6.58. The molecule has 0 saturated heterocycles. The zero-order chi connectivity index (χ0) is 24.8. The van der Waals surface area contributed by atoms with Gasteiger partial charge in [0.15, 0.2) is 0 Å². The highest BCUT2D eigenvalue weighted by molar-refractivity contribution is 6.24. The first-order chi connectivity index (χ1) is 16.4. The molecule has 0 aromatic carbocycles. The van der Waals surface area contributed by atoms with Crippen LogP contribution >= 0.6 is 11.6 Å². The van der Waals surface area contributed by atoms with Gasteiger partial charge in [0.1, 0.15) is 0 Å². The topological polar surface area (TPSA) is 87.7 Å². The largest absolute Gasteiger partial charge is 0.368 e. The van der Waals surface area contributed by atoms with E-state index in [9.17, 15) is 0 Å². The lowest BCUT2D eigenvalue weighted by Gasteiger charge is -2.09. The maximum Gasteiger partial charge on any atom is 0.214 e. The lowest BCUT2D eigenvalue weighted by molar-refractivity contribution is 0.900. The zero-order valence-corrected chi connectivity index (χ0v) is 21.2. The molecule has 1 aliphatic rings. The van der Waals surface area contributed by atoms with E-state index in [1.165, 1.54) is 11.1 Å². The minimum absolute atomic E-state index is 0.177. The van der Waals surface area contributed by atoms with E-state index in [1.807, 2.05) is 50.3 Å². The molecule has 4 N–H and O–H groups in total. The second-order valence-electron chi connectivity index (χ2n) is 7.90. The molecule has 6 nitrogen and oxygen atoms in total. The van der Waals surface area contributed by atoms with Crippen LogP contribution in [0.25, 0.3) is 0 Å². The van der Waals surface area contributed by atoms with E-state index in [1.54, 1.807) is 18.6 Å². The Hall–Kier alpha value is -3.38. The van der Waals surface area contributed by atoms with Crippen LogP contribution < -0.4 is 16.5 Å². The van der Waals surface area contributed by atoms with Gasteiger partial charge in [0.25, 0.3) is 0 Å². The highest BCUT2D eigenvalue weighted by Gasteiger charge is 2.11. The first-order valence-corrected chi connectivity index (χ1v) is 11.9. The molecule has 34 heavy (non-hydrogen) atoms. The van der Waals surface area contributed by atoms with Gasteiger partial charge in [-0.2, -0.15) is 5.10 Å². The summed E-state index contributed by atoms with van der Waals surface area (Å²) in [4.78, 5) is 8.55. The molecular formula is C27H35ClN6. The van der Waals surface area contributed by atoms with Gasteiger partial charge in [-0.15, -0.1) is 11.6 Å². The summed E-state index contributed by atoms with van der Waals surface area (Å²) in [7, 11) is 0. The van der Waals surface area contributed by atoms with Gasteiger partial charge in [0.2, 0.25) is 5.96 Å². The molecule has 1 aromatic heterocycles. The van der Waals surface area contributed by atoms with Gasteiger partial charge in [-0.25, -0.2) is 10.4 Å². The molecule has 0 saturated carbocycles. The molecule has 1 aliphatic carbocycles. The van der Waals surface area contributed by atoms with Crippen molar-refractivity contribution in [1.29, 1.82) is 0 Å². The molecule has 1 atom stereocenters. The number of alkyl halides is 1. The van der Waals surface area contributed by atoms with Crippen molar-refractivity contribution in [3.63, 3.8) is 0 Å². The fourth-order valence-corrected chi connectivity index (χ4v) is 3.42. The number of hydrogen-bond acceptors (Lipinski definition) is 4. The van der Waals surface area contributed by atoms with Crippen molar-refractivity contribution in [2.24, 2.45) is 15.8 Å². The predicted octanol–water partition coefficient (Wildman–Crippen LogP) is 6.34. The molecule has 0 amide bonds. The lowest BCUT2D eigenvalue weighted by Crippen LogP contribution is -2.26. The highest BCUT2D eigenvalue weighted by Crippen LogP contribution is 2.24. The first kappa shape index (κ1) is 26.9. The second-order valence-corrected chi connectivity index (χ2v) is 8.37. The highest BCUT2D eigenvalue weighted by atomic mass is 35.5. The monoisotopic (exact) mass is 478 g/mol. The molecular weight excluding hydrogens is 444 g/mol. The second kappa shape index (κ2) is 14.7. The van der Waals surface area contributed by atoms with Crippen LogP contribution in [0.15, 0.2) is 99.6 Å².